The van der Waals surface area contributed by atoms with Gasteiger partial charge in [-0.15, -0.1) is 5.10 Å². The van der Waals surface area contributed by atoms with Crippen LogP contribution in [0, 0.1) is 13.8 Å². The summed E-state index contributed by atoms with van der Waals surface area (Å²) in [6, 6.07) is 10.5. The maximum atomic E-state index is 12.7. The van der Waals surface area contributed by atoms with Gasteiger partial charge in [0.1, 0.15) is 0 Å². The molecule has 1 fully saturated rings. The average Bonchev–Trinajstić information content (AvgIpc) is 3.01. The number of hydrogen-bond acceptors (Lipinski definition) is 3. The Labute approximate surface area is 160 Å². The van der Waals surface area contributed by atoms with Gasteiger partial charge in [0.15, 0.2) is 5.82 Å². The van der Waals surface area contributed by atoms with Crippen LogP contribution in [0.4, 0.5) is 10.5 Å². The number of rotatable bonds is 3. The van der Waals surface area contributed by atoms with Crippen LogP contribution in [0.3, 0.4) is 0 Å². The number of hydrogen-bond donors (Lipinski definition) is 1. The van der Waals surface area contributed by atoms with E-state index in [-0.39, 0.29) is 7.46 Å². The van der Waals surface area contributed by atoms with Crippen molar-refractivity contribution < 1.29 is 6.22 Å². The standard InChI is InChI=1S/C21H25N5O.H2/c1-5-17-10-15(4)25(17)21(27)23-16-8-6-13(2)19(11-16)20-22-12-18-9-7-14(3)26(18)24-20;/h6-9,11-12,15,17H,5,10H2,1-4H3,(H,23,27);1H. The van der Waals surface area contributed by atoms with E-state index in [0.717, 1.165) is 40.9 Å². The van der Waals surface area contributed by atoms with E-state index in [9.17, 15) is 4.79 Å². The second-order valence-electron chi connectivity index (χ2n) is 7.41. The first-order valence-electron chi connectivity index (χ1n) is 9.49. The van der Waals surface area contributed by atoms with E-state index in [1.54, 1.807) is 0 Å². The maximum Gasteiger partial charge on any atom is 0.322 e. The number of anilines is 1. The van der Waals surface area contributed by atoms with Gasteiger partial charge in [-0.1, -0.05) is 13.0 Å². The maximum absolute atomic E-state index is 12.7. The highest BCUT2D eigenvalue weighted by Gasteiger charge is 2.37. The van der Waals surface area contributed by atoms with Gasteiger partial charge in [0.25, 0.3) is 0 Å². The van der Waals surface area contributed by atoms with Crippen molar-refractivity contribution in [2.45, 2.75) is 52.6 Å². The Morgan fingerprint density at radius 3 is 2.85 bits per heavy atom. The number of benzene rings is 1. The molecule has 3 aromatic rings. The van der Waals surface area contributed by atoms with Gasteiger partial charge in [-0.2, -0.15) is 0 Å². The molecule has 2 unspecified atom stereocenters. The molecule has 1 saturated heterocycles. The number of nitrogens with zero attached hydrogens (tertiary/aromatic N) is 4. The SMILES string of the molecule is CCC1CC(C)N1C(=O)Nc1ccc(C)c(-c2ncc3ccc(C)n3n2)c1.[HH]. The topological polar surface area (TPSA) is 62.5 Å². The first-order chi connectivity index (χ1) is 13.0. The van der Waals surface area contributed by atoms with Crippen molar-refractivity contribution in [3.05, 3.63) is 47.8 Å². The molecule has 142 valence electrons. The molecule has 0 saturated carbocycles. The van der Waals surface area contributed by atoms with Crippen LogP contribution in [0.2, 0.25) is 0 Å². The predicted molar refractivity (Wildman–Crippen MR) is 109 cm³/mol. The Balaban J connectivity index is 0.00000225. The number of nitrogens with one attached hydrogen (secondary N) is 1. The van der Waals surface area contributed by atoms with Crippen LogP contribution >= 0.6 is 0 Å². The second kappa shape index (κ2) is 6.68. The third-order valence-corrected chi connectivity index (χ3v) is 5.50. The Kier molecular flexibility index (Phi) is 4.34. The van der Waals surface area contributed by atoms with Crippen molar-refractivity contribution in [1.82, 2.24) is 19.5 Å². The molecule has 3 heterocycles. The lowest BCUT2D eigenvalue weighted by molar-refractivity contribution is 0.0688. The number of aromatic nitrogens is 3. The molecule has 2 atom stereocenters. The van der Waals surface area contributed by atoms with E-state index in [1.807, 2.05) is 59.8 Å². The monoisotopic (exact) mass is 365 g/mol. The van der Waals surface area contributed by atoms with Crippen molar-refractivity contribution in [2.24, 2.45) is 0 Å². The number of aryl methyl sites for hydroxylation is 2. The molecule has 0 spiro atoms. The summed E-state index contributed by atoms with van der Waals surface area (Å²) in [4.78, 5) is 19.1. The van der Waals surface area contributed by atoms with Crippen LogP contribution < -0.4 is 5.32 Å². The number of urea groups is 1. The zero-order chi connectivity index (χ0) is 19.1. The molecule has 1 N–H and O–H groups in total. The molecule has 0 radical (unpaired) electrons. The molecule has 1 aromatic carbocycles. The van der Waals surface area contributed by atoms with Crippen molar-refractivity contribution in [2.75, 3.05) is 5.32 Å². The van der Waals surface area contributed by atoms with Gasteiger partial charge in [0.2, 0.25) is 0 Å². The molecule has 4 rings (SSSR count). The van der Waals surface area contributed by atoms with Crippen molar-refractivity contribution in [1.29, 1.82) is 0 Å². The fourth-order valence-electron chi connectivity index (χ4n) is 3.86. The molecule has 2 amide bonds. The molecule has 27 heavy (non-hydrogen) atoms. The lowest BCUT2D eigenvalue weighted by Crippen LogP contribution is -2.58. The molecule has 1 aliphatic rings. The summed E-state index contributed by atoms with van der Waals surface area (Å²) in [5.74, 6) is 0.652. The van der Waals surface area contributed by atoms with E-state index in [0.29, 0.717) is 17.9 Å². The minimum absolute atomic E-state index is 0. The van der Waals surface area contributed by atoms with Crippen LogP contribution in [0.1, 0.15) is 39.4 Å². The van der Waals surface area contributed by atoms with Crippen LogP contribution in [-0.2, 0) is 0 Å². The molecule has 0 aliphatic carbocycles. The van der Waals surface area contributed by atoms with Gasteiger partial charge < -0.3 is 10.2 Å². The minimum atomic E-state index is -0.0342. The zero-order valence-corrected chi connectivity index (χ0v) is 16.2. The van der Waals surface area contributed by atoms with E-state index in [1.165, 1.54) is 0 Å². The van der Waals surface area contributed by atoms with E-state index < -0.39 is 0 Å². The molecule has 1 aliphatic heterocycles. The zero-order valence-electron chi connectivity index (χ0n) is 16.2. The Morgan fingerprint density at radius 2 is 2.11 bits per heavy atom. The third-order valence-electron chi connectivity index (χ3n) is 5.50. The normalized spacial score (nSPS) is 19.2. The van der Waals surface area contributed by atoms with Gasteiger partial charge in [-0.05, 0) is 63.4 Å². The summed E-state index contributed by atoms with van der Waals surface area (Å²) in [5.41, 5.74) is 4.79. The smallest absolute Gasteiger partial charge is 0.319 e. The lowest BCUT2D eigenvalue weighted by Gasteiger charge is -2.46. The van der Waals surface area contributed by atoms with Gasteiger partial charge in [0.05, 0.1) is 11.7 Å². The highest BCUT2D eigenvalue weighted by atomic mass is 16.2. The molecule has 0 bridgehead atoms. The molecular weight excluding hydrogens is 338 g/mol. The molecule has 6 heteroatoms. The summed E-state index contributed by atoms with van der Waals surface area (Å²) in [6.07, 6.45) is 3.89. The van der Waals surface area contributed by atoms with Gasteiger partial charge in [0, 0.05) is 30.5 Å². The summed E-state index contributed by atoms with van der Waals surface area (Å²) >= 11 is 0. The van der Waals surface area contributed by atoms with E-state index in [2.05, 4.69) is 29.2 Å². The summed E-state index contributed by atoms with van der Waals surface area (Å²) < 4.78 is 1.89. The Hall–Kier alpha value is -2.89. The summed E-state index contributed by atoms with van der Waals surface area (Å²) in [5, 5.41) is 7.71. The van der Waals surface area contributed by atoms with Crippen LogP contribution in [0.5, 0.6) is 0 Å². The molecule has 2 aromatic heterocycles. The average molecular weight is 365 g/mol. The second-order valence-corrected chi connectivity index (χ2v) is 7.41. The summed E-state index contributed by atoms with van der Waals surface area (Å²) in [7, 11) is 0. The molecular formula is C21H27N5O. The number of carbonyl (C=O) groups excluding carboxylic acids is 1. The minimum Gasteiger partial charge on any atom is -0.319 e. The predicted octanol–water partition coefficient (Wildman–Crippen LogP) is 4.66. The van der Waals surface area contributed by atoms with Crippen LogP contribution in [0.25, 0.3) is 16.9 Å². The van der Waals surface area contributed by atoms with Gasteiger partial charge in [-0.3, -0.25) is 0 Å². The number of fused-ring (bicyclic) bond motifs is 1. The first-order valence-corrected chi connectivity index (χ1v) is 9.49. The first kappa shape index (κ1) is 17.5. The van der Waals surface area contributed by atoms with Crippen LogP contribution in [-0.4, -0.2) is 37.6 Å². The van der Waals surface area contributed by atoms with Crippen molar-refractivity contribution in [3.63, 3.8) is 0 Å². The van der Waals surface area contributed by atoms with Crippen molar-refractivity contribution in [3.8, 4) is 11.4 Å². The number of carbonyl (C=O) groups is 1. The van der Waals surface area contributed by atoms with Crippen molar-refractivity contribution >= 4 is 17.2 Å². The summed E-state index contributed by atoms with van der Waals surface area (Å²) in [6.45, 7) is 8.26. The fraction of sp³-hybridized carbons (Fsp3) is 0.381. The largest absolute Gasteiger partial charge is 0.322 e. The van der Waals surface area contributed by atoms with E-state index >= 15 is 0 Å². The lowest BCUT2D eigenvalue weighted by atomic mass is 9.93. The van der Waals surface area contributed by atoms with E-state index in [4.69, 9.17) is 0 Å². The third kappa shape index (κ3) is 3.05. The highest BCUT2D eigenvalue weighted by molar-refractivity contribution is 5.91. The number of likely N-dealkylation sites (tertiary alicyclic amines) is 1. The Morgan fingerprint density at radius 1 is 1.30 bits per heavy atom. The highest BCUT2D eigenvalue weighted by Crippen LogP contribution is 2.29. The van der Waals surface area contributed by atoms with Gasteiger partial charge in [-0.25, -0.2) is 14.3 Å². The van der Waals surface area contributed by atoms with Gasteiger partial charge >= 0.3 is 6.03 Å². The fourth-order valence-corrected chi connectivity index (χ4v) is 3.86. The Bertz CT molecular complexity index is 1020. The number of amides is 2. The quantitative estimate of drug-likeness (QED) is 0.734. The molecule has 6 nitrogen and oxygen atoms in total. The van der Waals surface area contributed by atoms with Crippen LogP contribution in [0.15, 0.2) is 36.5 Å².